The van der Waals surface area contributed by atoms with E-state index in [1.165, 1.54) is 11.1 Å². The Labute approximate surface area is 155 Å². The van der Waals surface area contributed by atoms with Crippen LogP contribution in [0.15, 0.2) is 48.7 Å². The zero-order valence-electron chi connectivity index (χ0n) is 15.4. The Balaban J connectivity index is 1.66. The predicted molar refractivity (Wildman–Crippen MR) is 105 cm³/mol. The Morgan fingerprint density at radius 3 is 2.77 bits per heavy atom. The molecule has 0 spiro atoms. The monoisotopic (exact) mass is 347 g/mol. The predicted octanol–water partition coefficient (Wildman–Crippen LogP) is 3.99. The van der Waals surface area contributed by atoms with Crippen molar-refractivity contribution in [3.8, 4) is 11.8 Å². The lowest BCUT2D eigenvalue weighted by atomic mass is 10.1. The number of fused-ring (bicyclic) bond motifs is 1. The van der Waals surface area contributed by atoms with Gasteiger partial charge in [0.2, 0.25) is 0 Å². The summed E-state index contributed by atoms with van der Waals surface area (Å²) in [5.74, 6) is 0.334. The number of phenolic OH excluding ortho intramolecular Hbond substituents is 1. The van der Waals surface area contributed by atoms with Gasteiger partial charge in [0.05, 0.1) is 18.2 Å². The molecule has 26 heavy (non-hydrogen) atoms. The van der Waals surface area contributed by atoms with Crippen molar-refractivity contribution in [1.82, 2.24) is 4.90 Å². The largest absolute Gasteiger partial charge is 0.508 e. The fourth-order valence-corrected chi connectivity index (χ4v) is 3.72. The van der Waals surface area contributed by atoms with Crippen molar-refractivity contribution >= 4 is 5.69 Å². The second kappa shape index (κ2) is 7.53. The maximum atomic E-state index is 9.70. The van der Waals surface area contributed by atoms with Gasteiger partial charge in [-0.15, -0.1) is 0 Å². The summed E-state index contributed by atoms with van der Waals surface area (Å²) in [5.41, 5.74) is 6.32. The standard InChI is InChI=1S/C22H25N3O/c1-4-25(20-10-18-7-8-21(26)12-19(18)11-20)16(3)14-24-22-9-17(13-23)6-5-15(22)2/h5-9,12,20,24,26H,3-4,10-11,14H2,1-2H3. The number of nitrogens with one attached hydrogen (secondary N) is 1. The first-order chi connectivity index (χ1) is 12.5. The zero-order valence-corrected chi connectivity index (χ0v) is 15.4. The number of nitrogens with zero attached hydrogens (tertiary/aromatic N) is 2. The van der Waals surface area contributed by atoms with Gasteiger partial charge in [0.25, 0.3) is 0 Å². The van der Waals surface area contributed by atoms with Gasteiger partial charge in [-0.3, -0.25) is 0 Å². The summed E-state index contributed by atoms with van der Waals surface area (Å²) in [6.45, 7) is 10.00. The molecule has 0 fully saturated rings. The van der Waals surface area contributed by atoms with Crippen molar-refractivity contribution < 1.29 is 5.11 Å². The number of hydrogen-bond donors (Lipinski definition) is 2. The van der Waals surface area contributed by atoms with Gasteiger partial charge in [-0.05, 0) is 67.6 Å². The molecule has 1 aliphatic rings. The lowest BCUT2D eigenvalue weighted by molar-refractivity contribution is 0.271. The summed E-state index contributed by atoms with van der Waals surface area (Å²) in [7, 11) is 0. The summed E-state index contributed by atoms with van der Waals surface area (Å²) < 4.78 is 0. The summed E-state index contributed by atoms with van der Waals surface area (Å²) in [5, 5.41) is 22.2. The van der Waals surface area contributed by atoms with Crippen LogP contribution < -0.4 is 5.32 Å². The Bertz CT molecular complexity index is 866. The van der Waals surface area contributed by atoms with Crippen LogP contribution in [0.5, 0.6) is 5.75 Å². The third-order valence-electron chi connectivity index (χ3n) is 5.14. The van der Waals surface area contributed by atoms with Gasteiger partial charge in [0, 0.05) is 24.0 Å². The SMILES string of the molecule is C=C(CNc1cc(C#N)ccc1C)N(CC)C1Cc2ccc(O)cc2C1. The van der Waals surface area contributed by atoms with E-state index < -0.39 is 0 Å². The third kappa shape index (κ3) is 3.67. The van der Waals surface area contributed by atoms with E-state index in [0.29, 0.717) is 23.9 Å². The average Bonchev–Trinajstić information content (AvgIpc) is 3.04. The average molecular weight is 347 g/mol. The lowest BCUT2D eigenvalue weighted by Crippen LogP contribution is -2.37. The van der Waals surface area contributed by atoms with Crippen LogP contribution >= 0.6 is 0 Å². The van der Waals surface area contributed by atoms with Crippen LogP contribution in [-0.2, 0) is 12.8 Å². The van der Waals surface area contributed by atoms with Gasteiger partial charge in [0.1, 0.15) is 5.75 Å². The normalized spacial score (nSPS) is 15.2. The molecule has 0 aliphatic heterocycles. The van der Waals surface area contributed by atoms with Crippen molar-refractivity contribution in [2.75, 3.05) is 18.4 Å². The topological polar surface area (TPSA) is 59.3 Å². The minimum Gasteiger partial charge on any atom is -0.508 e. The summed E-state index contributed by atoms with van der Waals surface area (Å²) in [6, 6.07) is 13.9. The lowest BCUT2D eigenvalue weighted by Gasteiger charge is -2.32. The smallest absolute Gasteiger partial charge is 0.115 e. The molecule has 0 aromatic heterocycles. The van der Waals surface area contributed by atoms with Gasteiger partial charge in [0.15, 0.2) is 0 Å². The zero-order chi connectivity index (χ0) is 18.7. The van der Waals surface area contributed by atoms with Crippen LogP contribution in [0, 0.1) is 18.3 Å². The Morgan fingerprint density at radius 2 is 2.04 bits per heavy atom. The van der Waals surface area contributed by atoms with Crippen molar-refractivity contribution in [1.29, 1.82) is 5.26 Å². The maximum Gasteiger partial charge on any atom is 0.115 e. The Kier molecular flexibility index (Phi) is 5.18. The molecule has 2 N–H and O–H groups in total. The molecule has 0 saturated heterocycles. The highest BCUT2D eigenvalue weighted by atomic mass is 16.3. The molecule has 2 aromatic carbocycles. The molecule has 0 amide bonds. The molecule has 0 heterocycles. The summed E-state index contributed by atoms with van der Waals surface area (Å²) >= 11 is 0. The second-order valence-electron chi connectivity index (χ2n) is 6.86. The van der Waals surface area contributed by atoms with Gasteiger partial charge in [-0.1, -0.05) is 18.7 Å². The molecule has 2 aromatic rings. The van der Waals surface area contributed by atoms with Crippen LogP contribution in [0.2, 0.25) is 0 Å². The minimum atomic E-state index is 0.334. The van der Waals surface area contributed by atoms with E-state index in [4.69, 9.17) is 5.26 Å². The number of phenols is 1. The molecule has 0 saturated carbocycles. The first kappa shape index (κ1) is 17.9. The molecule has 134 valence electrons. The number of hydrogen-bond acceptors (Lipinski definition) is 4. The summed E-state index contributed by atoms with van der Waals surface area (Å²) in [4.78, 5) is 2.34. The van der Waals surface area contributed by atoms with Gasteiger partial charge < -0.3 is 15.3 Å². The van der Waals surface area contributed by atoms with Crippen LogP contribution in [0.4, 0.5) is 5.69 Å². The highest BCUT2D eigenvalue weighted by molar-refractivity contribution is 5.55. The number of aryl methyl sites for hydroxylation is 1. The van der Waals surface area contributed by atoms with E-state index in [-0.39, 0.29) is 0 Å². The fourth-order valence-electron chi connectivity index (χ4n) is 3.72. The van der Waals surface area contributed by atoms with Crippen LogP contribution in [-0.4, -0.2) is 29.1 Å². The molecular formula is C22H25N3O. The van der Waals surface area contributed by atoms with Crippen molar-refractivity contribution in [2.45, 2.75) is 32.7 Å². The number of anilines is 1. The van der Waals surface area contributed by atoms with Crippen molar-refractivity contribution in [3.05, 3.63) is 70.9 Å². The molecule has 1 atom stereocenters. The second-order valence-corrected chi connectivity index (χ2v) is 6.86. The highest BCUT2D eigenvalue weighted by Gasteiger charge is 2.27. The molecule has 3 rings (SSSR count). The molecule has 0 bridgehead atoms. The molecule has 0 radical (unpaired) electrons. The Morgan fingerprint density at radius 1 is 1.27 bits per heavy atom. The Hall–Kier alpha value is -2.93. The van der Waals surface area contributed by atoms with E-state index in [1.807, 2.05) is 37.3 Å². The number of likely N-dealkylation sites (N-methyl/N-ethyl adjacent to an activating group) is 1. The number of rotatable bonds is 6. The number of aromatic hydroxyl groups is 1. The van der Waals surface area contributed by atoms with E-state index >= 15 is 0 Å². The molecule has 1 aliphatic carbocycles. The van der Waals surface area contributed by atoms with E-state index in [9.17, 15) is 5.11 Å². The van der Waals surface area contributed by atoms with Crippen LogP contribution in [0.3, 0.4) is 0 Å². The first-order valence-corrected chi connectivity index (χ1v) is 9.01. The van der Waals surface area contributed by atoms with E-state index in [1.54, 1.807) is 6.07 Å². The molecule has 4 heteroatoms. The molecular weight excluding hydrogens is 322 g/mol. The van der Waals surface area contributed by atoms with Crippen molar-refractivity contribution in [2.24, 2.45) is 0 Å². The fraction of sp³-hybridized carbons (Fsp3) is 0.318. The molecule has 4 nitrogen and oxygen atoms in total. The summed E-state index contributed by atoms with van der Waals surface area (Å²) in [6.07, 6.45) is 1.91. The van der Waals surface area contributed by atoms with Gasteiger partial charge in [-0.2, -0.15) is 5.26 Å². The quantitative estimate of drug-likeness (QED) is 0.829. The van der Waals surface area contributed by atoms with Crippen LogP contribution in [0.1, 0.15) is 29.2 Å². The van der Waals surface area contributed by atoms with E-state index in [2.05, 4.69) is 29.8 Å². The van der Waals surface area contributed by atoms with E-state index in [0.717, 1.165) is 36.3 Å². The maximum absolute atomic E-state index is 9.70. The van der Waals surface area contributed by atoms with Gasteiger partial charge >= 0.3 is 0 Å². The first-order valence-electron chi connectivity index (χ1n) is 9.01. The van der Waals surface area contributed by atoms with Crippen molar-refractivity contribution in [3.63, 3.8) is 0 Å². The minimum absolute atomic E-state index is 0.334. The molecule has 1 unspecified atom stereocenters. The van der Waals surface area contributed by atoms with Gasteiger partial charge in [-0.25, -0.2) is 0 Å². The van der Waals surface area contributed by atoms with Crippen LogP contribution in [0.25, 0.3) is 0 Å². The number of nitriles is 1. The third-order valence-corrected chi connectivity index (χ3v) is 5.14. The highest BCUT2D eigenvalue weighted by Crippen LogP contribution is 2.30. The number of benzene rings is 2.